The zero-order valence-electron chi connectivity index (χ0n) is 21.2. The van der Waals surface area contributed by atoms with Gasteiger partial charge in [0, 0.05) is 51.4 Å². The lowest BCUT2D eigenvalue weighted by atomic mass is 9.97. The third-order valence-electron chi connectivity index (χ3n) is 7.12. The molecule has 2 aromatic rings. The number of nitrogens with zero attached hydrogens (tertiary/aromatic N) is 6. The average Bonchev–Trinajstić information content (AvgIpc) is 2.92. The Morgan fingerprint density at radius 2 is 1.82 bits per heavy atom. The van der Waals surface area contributed by atoms with Crippen molar-refractivity contribution in [3.63, 3.8) is 0 Å². The van der Waals surface area contributed by atoms with Crippen LogP contribution in [0, 0.1) is 0 Å². The summed E-state index contributed by atoms with van der Waals surface area (Å²) in [6.07, 6.45) is 2.63. The summed E-state index contributed by atoms with van der Waals surface area (Å²) >= 11 is 12.3. The number of nitrogens with two attached hydrogens (primary N) is 2. The highest BCUT2D eigenvalue weighted by atomic mass is 35.5. The van der Waals surface area contributed by atoms with E-state index in [9.17, 15) is 9.59 Å². The Morgan fingerprint density at radius 3 is 2.47 bits per heavy atom. The summed E-state index contributed by atoms with van der Waals surface area (Å²) in [6, 6.07) is 3.79. The van der Waals surface area contributed by atoms with Crippen LogP contribution in [0.4, 0.5) is 17.5 Å². The van der Waals surface area contributed by atoms with Gasteiger partial charge in [-0.25, -0.2) is 15.0 Å². The second-order valence-corrected chi connectivity index (χ2v) is 10.1. The first-order chi connectivity index (χ1) is 18.2. The molecule has 6 N–H and O–H groups in total. The molecule has 0 bridgehead atoms. The number of hydrogen-bond donors (Lipinski definition) is 4. The average molecular weight is 566 g/mol. The van der Waals surface area contributed by atoms with Gasteiger partial charge in [0.1, 0.15) is 11.0 Å². The van der Waals surface area contributed by atoms with Crippen molar-refractivity contribution in [3.05, 3.63) is 33.7 Å². The zero-order valence-corrected chi connectivity index (χ0v) is 22.7. The molecule has 206 valence electrons. The standard InChI is InChI=1S/C24H33Cl2N9O3/c1-2-14-13-34(22-19(26)31-18(21(28)32-22)23(37)29-7-12-36)10-11-35(14)15-5-8-33(9-6-15)24(38)16-3-4-17(25)30-20(16)27/h3-4,14-15,36H,2,5-13H2,1H3,(H2,27,30)(H2,28,32)(H,29,37)/t14-/m0/s1. The molecule has 0 unspecified atom stereocenters. The van der Waals surface area contributed by atoms with Crippen LogP contribution in [-0.4, -0.2) is 99.6 Å². The summed E-state index contributed by atoms with van der Waals surface area (Å²) < 4.78 is 0. The van der Waals surface area contributed by atoms with Crippen molar-refractivity contribution >= 4 is 52.5 Å². The molecule has 2 amide bonds. The maximum absolute atomic E-state index is 13.0. The fourth-order valence-corrected chi connectivity index (χ4v) is 5.55. The number of aliphatic hydroxyl groups is 1. The molecule has 2 aliphatic heterocycles. The molecule has 0 radical (unpaired) electrons. The molecule has 0 aromatic carbocycles. The fourth-order valence-electron chi connectivity index (χ4n) is 5.15. The molecule has 14 heteroatoms. The van der Waals surface area contributed by atoms with E-state index in [1.165, 1.54) is 0 Å². The number of anilines is 3. The highest BCUT2D eigenvalue weighted by molar-refractivity contribution is 6.32. The molecule has 38 heavy (non-hydrogen) atoms. The second-order valence-electron chi connectivity index (χ2n) is 9.39. The Morgan fingerprint density at radius 1 is 1.08 bits per heavy atom. The molecule has 2 saturated heterocycles. The van der Waals surface area contributed by atoms with Gasteiger partial charge in [-0.15, -0.1) is 0 Å². The molecular formula is C24H33Cl2N9O3. The number of aliphatic hydroxyl groups excluding tert-OH is 1. The highest BCUT2D eigenvalue weighted by Gasteiger charge is 2.35. The van der Waals surface area contributed by atoms with Crippen molar-refractivity contribution in [1.82, 2.24) is 30.1 Å². The Balaban J connectivity index is 1.38. The van der Waals surface area contributed by atoms with E-state index in [1.807, 2.05) is 4.90 Å². The smallest absolute Gasteiger partial charge is 0.273 e. The molecule has 12 nitrogen and oxygen atoms in total. The molecule has 0 aliphatic carbocycles. The fraction of sp³-hybridized carbons (Fsp3) is 0.542. The number of hydrogen-bond acceptors (Lipinski definition) is 10. The molecule has 0 saturated carbocycles. The van der Waals surface area contributed by atoms with E-state index in [-0.39, 0.29) is 52.7 Å². The first-order valence-corrected chi connectivity index (χ1v) is 13.4. The number of amides is 2. The van der Waals surface area contributed by atoms with Crippen LogP contribution >= 0.6 is 23.2 Å². The van der Waals surface area contributed by atoms with Gasteiger partial charge in [-0.05, 0) is 31.4 Å². The summed E-state index contributed by atoms with van der Waals surface area (Å²) in [7, 11) is 0. The monoisotopic (exact) mass is 565 g/mol. The van der Waals surface area contributed by atoms with Gasteiger partial charge in [0.25, 0.3) is 11.8 Å². The van der Waals surface area contributed by atoms with E-state index >= 15 is 0 Å². The maximum Gasteiger partial charge on any atom is 0.273 e. The normalized spacial score (nSPS) is 19.0. The van der Waals surface area contributed by atoms with Crippen molar-refractivity contribution in [3.8, 4) is 0 Å². The van der Waals surface area contributed by atoms with Gasteiger partial charge in [-0.1, -0.05) is 30.1 Å². The Labute approximate surface area is 231 Å². The van der Waals surface area contributed by atoms with E-state index in [4.69, 9.17) is 39.8 Å². The number of carbonyl (C=O) groups excluding carboxylic acids is 2. The van der Waals surface area contributed by atoms with Crippen molar-refractivity contribution in [2.75, 3.05) is 62.2 Å². The predicted octanol–water partition coefficient (Wildman–Crippen LogP) is 1.27. The molecule has 4 heterocycles. The van der Waals surface area contributed by atoms with Gasteiger partial charge in [-0.2, -0.15) is 0 Å². The van der Waals surface area contributed by atoms with Crippen molar-refractivity contribution < 1.29 is 14.7 Å². The number of piperazine rings is 1. The minimum atomic E-state index is -0.534. The van der Waals surface area contributed by atoms with Gasteiger partial charge >= 0.3 is 0 Å². The Kier molecular flexibility index (Phi) is 9.08. The zero-order chi connectivity index (χ0) is 27.4. The number of carbonyl (C=O) groups is 2. The number of likely N-dealkylation sites (tertiary alicyclic amines) is 1. The summed E-state index contributed by atoms with van der Waals surface area (Å²) in [4.78, 5) is 44.2. The van der Waals surface area contributed by atoms with Crippen molar-refractivity contribution in [1.29, 1.82) is 0 Å². The third kappa shape index (κ3) is 6.04. The minimum absolute atomic E-state index is 0.0103. The summed E-state index contributed by atoms with van der Waals surface area (Å²) in [5.74, 6) is -0.0673. The quantitative estimate of drug-likeness (QED) is 0.359. The van der Waals surface area contributed by atoms with Crippen LogP contribution in [0.3, 0.4) is 0 Å². The number of rotatable bonds is 7. The lowest BCUT2D eigenvalue weighted by Crippen LogP contribution is -2.58. The van der Waals surface area contributed by atoms with E-state index in [0.29, 0.717) is 43.6 Å². The summed E-state index contributed by atoms with van der Waals surface area (Å²) in [6.45, 7) is 5.45. The molecule has 2 aromatic heterocycles. The number of pyridine rings is 1. The Bertz CT molecular complexity index is 1180. The molecule has 4 rings (SSSR count). The van der Waals surface area contributed by atoms with E-state index in [1.54, 1.807) is 12.1 Å². The van der Waals surface area contributed by atoms with Crippen LogP contribution in [0.2, 0.25) is 10.3 Å². The van der Waals surface area contributed by atoms with E-state index in [2.05, 4.69) is 37.0 Å². The number of nitrogen functional groups attached to an aromatic ring is 2. The topological polar surface area (TPSA) is 167 Å². The predicted molar refractivity (Wildman–Crippen MR) is 146 cm³/mol. The van der Waals surface area contributed by atoms with Crippen molar-refractivity contribution in [2.24, 2.45) is 0 Å². The molecule has 0 spiro atoms. The van der Waals surface area contributed by atoms with Gasteiger partial charge in [0.2, 0.25) is 0 Å². The largest absolute Gasteiger partial charge is 0.395 e. The number of piperidine rings is 1. The second kappa shape index (κ2) is 12.3. The van der Waals surface area contributed by atoms with Crippen LogP contribution in [0.25, 0.3) is 0 Å². The minimum Gasteiger partial charge on any atom is -0.395 e. The number of halogens is 2. The van der Waals surface area contributed by atoms with E-state index in [0.717, 1.165) is 25.8 Å². The summed E-state index contributed by atoms with van der Waals surface area (Å²) in [5.41, 5.74) is 12.3. The van der Waals surface area contributed by atoms with Crippen LogP contribution in [0.1, 0.15) is 47.0 Å². The Hall–Kier alpha value is -2.93. The van der Waals surface area contributed by atoms with Crippen LogP contribution in [0.5, 0.6) is 0 Å². The first-order valence-electron chi connectivity index (χ1n) is 12.7. The van der Waals surface area contributed by atoms with Crippen molar-refractivity contribution in [2.45, 2.75) is 38.3 Å². The SMILES string of the molecule is CC[C@H]1CN(c2nc(N)c(C(=O)NCCO)nc2Cl)CCN1C1CCN(C(=O)c2ccc(Cl)nc2N)CC1. The van der Waals surface area contributed by atoms with Gasteiger partial charge in [-0.3, -0.25) is 14.5 Å². The third-order valence-corrected chi connectivity index (χ3v) is 7.58. The number of nitrogens with one attached hydrogen (secondary N) is 1. The van der Waals surface area contributed by atoms with Crippen LogP contribution in [-0.2, 0) is 0 Å². The van der Waals surface area contributed by atoms with Crippen LogP contribution < -0.4 is 21.7 Å². The summed E-state index contributed by atoms with van der Waals surface area (Å²) in [5, 5.41) is 11.8. The first kappa shape index (κ1) is 28.1. The van der Waals surface area contributed by atoms with Gasteiger partial charge < -0.3 is 31.7 Å². The lowest BCUT2D eigenvalue weighted by molar-refractivity contribution is 0.0491. The lowest BCUT2D eigenvalue weighted by Gasteiger charge is -2.47. The maximum atomic E-state index is 13.0. The van der Waals surface area contributed by atoms with E-state index < -0.39 is 5.91 Å². The molecule has 2 aliphatic rings. The highest BCUT2D eigenvalue weighted by Crippen LogP contribution is 2.30. The van der Waals surface area contributed by atoms with Gasteiger partial charge in [0.05, 0.1) is 12.2 Å². The van der Waals surface area contributed by atoms with Crippen LogP contribution in [0.15, 0.2) is 12.1 Å². The molecule has 2 fully saturated rings. The number of aromatic nitrogens is 3. The molecular weight excluding hydrogens is 533 g/mol. The molecule has 1 atom stereocenters. The van der Waals surface area contributed by atoms with Gasteiger partial charge in [0.15, 0.2) is 22.5 Å².